The molecule has 0 aliphatic heterocycles. The summed E-state index contributed by atoms with van der Waals surface area (Å²) >= 11 is 6.03. The summed E-state index contributed by atoms with van der Waals surface area (Å²) in [6.45, 7) is 0. The van der Waals surface area contributed by atoms with Crippen LogP contribution in [0, 0.1) is 5.92 Å². The summed E-state index contributed by atoms with van der Waals surface area (Å²) in [6, 6.07) is 9.32. The van der Waals surface area contributed by atoms with Gasteiger partial charge in [-0.05, 0) is 54.8 Å². The average Bonchev–Trinajstić information content (AvgIpc) is 3.49. The van der Waals surface area contributed by atoms with Crippen LogP contribution < -0.4 is 14.9 Å². The van der Waals surface area contributed by atoms with Crippen molar-refractivity contribution in [2.75, 3.05) is 12.5 Å². The molecule has 0 amide bonds. The normalized spacial score (nSPS) is 13.4. The topological polar surface area (TPSA) is 97.2 Å². The van der Waals surface area contributed by atoms with Crippen LogP contribution >= 0.6 is 11.6 Å². The summed E-state index contributed by atoms with van der Waals surface area (Å²) in [6.07, 6.45) is 3.24. The Morgan fingerprint density at radius 2 is 2.00 bits per heavy atom. The fourth-order valence-corrected chi connectivity index (χ4v) is 2.44. The van der Waals surface area contributed by atoms with Crippen molar-refractivity contribution in [3.63, 3.8) is 0 Å². The van der Waals surface area contributed by atoms with Gasteiger partial charge in [0.2, 0.25) is 0 Å². The third kappa shape index (κ3) is 4.77. The fourth-order valence-electron chi connectivity index (χ4n) is 2.28. The van der Waals surface area contributed by atoms with Crippen molar-refractivity contribution in [1.82, 2.24) is 0 Å². The molecule has 3 rings (SSSR count). The molecule has 2 aromatic carbocycles. The zero-order chi connectivity index (χ0) is 19.4. The number of rotatable bonds is 7. The number of carbonyl (C=O) groups is 2. The Morgan fingerprint density at radius 3 is 2.67 bits per heavy atom. The number of hydrogen-bond acceptors (Lipinski definition) is 6. The van der Waals surface area contributed by atoms with Crippen LogP contribution in [0.4, 0.5) is 5.69 Å². The lowest BCUT2D eigenvalue weighted by Gasteiger charge is -2.09. The minimum absolute atomic E-state index is 0.00791. The number of hydrogen-bond donors (Lipinski definition) is 2. The molecular weight excluding hydrogens is 372 g/mol. The van der Waals surface area contributed by atoms with Crippen LogP contribution in [0.1, 0.15) is 28.8 Å². The van der Waals surface area contributed by atoms with Gasteiger partial charge in [-0.15, -0.1) is 0 Å². The van der Waals surface area contributed by atoms with Crippen LogP contribution in [0.5, 0.6) is 11.5 Å². The molecule has 2 aromatic rings. The van der Waals surface area contributed by atoms with Crippen molar-refractivity contribution < 1.29 is 24.2 Å². The van der Waals surface area contributed by atoms with Gasteiger partial charge in [0.15, 0.2) is 11.5 Å². The third-order valence-corrected chi connectivity index (χ3v) is 4.25. The molecule has 1 saturated carbocycles. The zero-order valence-corrected chi connectivity index (χ0v) is 15.2. The number of carbonyl (C=O) groups excluding carboxylic acids is 1. The number of ether oxygens (including phenoxy) is 2. The van der Waals surface area contributed by atoms with Gasteiger partial charge in [-0.1, -0.05) is 11.6 Å². The van der Waals surface area contributed by atoms with Crippen LogP contribution in [-0.4, -0.2) is 30.4 Å². The number of hydrazone groups is 1. The molecule has 140 valence electrons. The van der Waals surface area contributed by atoms with Crippen molar-refractivity contribution in [2.24, 2.45) is 11.0 Å². The van der Waals surface area contributed by atoms with Crippen molar-refractivity contribution in [3.05, 3.63) is 52.5 Å². The molecule has 1 fully saturated rings. The van der Waals surface area contributed by atoms with E-state index in [1.54, 1.807) is 18.2 Å². The summed E-state index contributed by atoms with van der Waals surface area (Å²) in [7, 11) is 1.49. The molecule has 0 spiro atoms. The number of benzene rings is 2. The molecule has 0 radical (unpaired) electrons. The Morgan fingerprint density at radius 1 is 1.22 bits per heavy atom. The quantitative estimate of drug-likeness (QED) is 0.324. The maximum Gasteiger partial charge on any atom is 0.335 e. The van der Waals surface area contributed by atoms with Crippen LogP contribution in [0.25, 0.3) is 0 Å². The van der Waals surface area contributed by atoms with E-state index in [-0.39, 0.29) is 17.5 Å². The fraction of sp³-hybridized carbons (Fsp3) is 0.211. The SMILES string of the molecule is COc1cc(/C=N\Nc2cc(C(=O)O)ccc2Cl)ccc1OC(=O)C1CC1. The van der Waals surface area contributed by atoms with Crippen molar-refractivity contribution in [3.8, 4) is 11.5 Å². The number of nitrogens with zero attached hydrogens (tertiary/aromatic N) is 1. The second-order valence-corrected chi connectivity index (χ2v) is 6.38. The summed E-state index contributed by atoms with van der Waals surface area (Å²) in [4.78, 5) is 22.8. The summed E-state index contributed by atoms with van der Waals surface area (Å²) in [5.74, 6) is -0.536. The Bertz CT molecular complexity index is 909. The van der Waals surface area contributed by atoms with E-state index in [2.05, 4.69) is 10.5 Å². The number of anilines is 1. The van der Waals surface area contributed by atoms with Gasteiger partial charge in [0.25, 0.3) is 0 Å². The molecule has 0 bridgehead atoms. The largest absolute Gasteiger partial charge is 0.493 e. The van der Waals surface area contributed by atoms with Crippen molar-refractivity contribution in [1.29, 1.82) is 0 Å². The molecule has 1 aliphatic rings. The highest BCUT2D eigenvalue weighted by Gasteiger charge is 2.32. The molecular formula is C19H17ClN2O5. The first-order chi connectivity index (χ1) is 13.0. The Hall–Kier alpha value is -3.06. The van der Waals surface area contributed by atoms with Gasteiger partial charge in [-0.3, -0.25) is 10.2 Å². The van der Waals surface area contributed by atoms with Gasteiger partial charge in [-0.25, -0.2) is 4.79 Å². The molecule has 0 unspecified atom stereocenters. The van der Waals surface area contributed by atoms with Crippen LogP contribution in [0.3, 0.4) is 0 Å². The lowest BCUT2D eigenvalue weighted by Crippen LogP contribution is -2.10. The summed E-state index contributed by atoms with van der Waals surface area (Å²) in [5.41, 5.74) is 3.87. The van der Waals surface area contributed by atoms with E-state index in [9.17, 15) is 9.59 Å². The first kappa shape index (κ1) is 18.7. The predicted molar refractivity (Wildman–Crippen MR) is 101 cm³/mol. The molecule has 0 atom stereocenters. The maximum atomic E-state index is 11.8. The van der Waals surface area contributed by atoms with E-state index in [0.717, 1.165) is 12.8 Å². The average molecular weight is 389 g/mol. The van der Waals surface area contributed by atoms with Crippen molar-refractivity contribution in [2.45, 2.75) is 12.8 Å². The lowest BCUT2D eigenvalue weighted by molar-refractivity contribution is -0.135. The number of esters is 1. The number of carboxylic acids is 1. The van der Waals surface area contributed by atoms with Gasteiger partial charge < -0.3 is 14.6 Å². The second-order valence-electron chi connectivity index (χ2n) is 5.98. The molecule has 0 aromatic heterocycles. The van der Waals surface area contributed by atoms with Gasteiger partial charge >= 0.3 is 11.9 Å². The first-order valence-electron chi connectivity index (χ1n) is 8.19. The Balaban J connectivity index is 1.70. The van der Waals surface area contributed by atoms with E-state index in [1.165, 1.54) is 31.5 Å². The summed E-state index contributed by atoms with van der Waals surface area (Å²) in [5, 5.41) is 13.4. The van der Waals surface area contributed by atoms with E-state index in [4.69, 9.17) is 26.2 Å². The molecule has 8 heteroatoms. The highest BCUT2D eigenvalue weighted by molar-refractivity contribution is 6.33. The van der Waals surface area contributed by atoms with E-state index >= 15 is 0 Å². The number of halogens is 1. The van der Waals surface area contributed by atoms with E-state index < -0.39 is 5.97 Å². The van der Waals surface area contributed by atoms with Crippen LogP contribution in [0.15, 0.2) is 41.5 Å². The Kier molecular flexibility index (Phi) is 5.61. The minimum atomic E-state index is -1.06. The highest BCUT2D eigenvalue weighted by Crippen LogP contribution is 2.34. The Labute approximate surface area is 160 Å². The maximum absolute atomic E-state index is 11.8. The molecule has 7 nitrogen and oxygen atoms in total. The monoisotopic (exact) mass is 388 g/mol. The van der Waals surface area contributed by atoms with E-state index in [0.29, 0.717) is 27.8 Å². The molecule has 0 heterocycles. The minimum Gasteiger partial charge on any atom is -0.493 e. The van der Waals surface area contributed by atoms with Gasteiger partial charge in [-0.2, -0.15) is 5.10 Å². The zero-order valence-electron chi connectivity index (χ0n) is 14.4. The standard InChI is InChI=1S/C19H17ClN2O5/c1-26-17-8-11(2-7-16(17)27-19(25)12-3-4-12)10-21-22-15-9-13(18(23)24)5-6-14(15)20/h2,5-10,12,22H,3-4H2,1H3,(H,23,24)/b21-10-. The highest BCUT2D eigenvalue weighted by atomic mass is 35.5. The number of aromatic carboxylic acids is 1. The van der Waals surface area contributed by atoms with Crippen LogP contribution in [0.2, 0.25) is 5.02 Å². The first-order valence-corrected chi connectivity index (χ1v) is 8.57. The van der Waals surface area contributed by atoms with E-state index in [1.807, 2.05) is 0 Å². The van der Waals surface area contributed by atoms with Gasteiger partial charge in [0.1, 0.15) is 0 Å². The number of nitrogens with one attached hydrogen (secondary N) is 1. The predicted octanol–water partition coefficient (Wildman–Crippen LogP) is 3.81. The molecule has 1 aliphatic carbocycles. The van der Waals surface area contributed by atoms with Crippen LogP contribution in [-0.2, 0) is 4.79 Å². The molecule has 2 N–H and O–H groups in total. The third-order valence-electron chi connectivity index (χ3n) is 3.92. The number of carboxylic acid groups (broad SMARTS) is 1. The lowest BCUT2D eigenvalue weighted by atomic mass is 10.2. The second kappa shape index (κ2) is 8.09. The molecule has 27 heavy (non-hydrogen) atoms. The van der Waals surface area contributed by atoms with Crippen molar-refractivity contribution >= 4 is 35.4 Å². The number of methoxy groups -OCH3 is 1. The smallest absolute Gasteiger partial charge is 0.335 e. The molecule has 0 saturated heterocycles. The van der Waals surface area contributed by atoms with Gasteiger partial charge in [0.05, 0.1) is 35.5 Å². The summed E-state index contributed by atoms with van der Waals surface area (Å²) < 4.78 is 10.6. The van der Waals surface area contributed by atoms with Gasteiger partial charge in [0, 0.05) is 0 Å².